The summed E-state index contributed by atoms with van der Waals surface area (Å²) in [4.78, 5) is 36.4. The van der Waals surface area contributed by atoms with E-state index < -0.39 is 0 Å². The van der Waals surface area contributed by atoms with E-state index in [4.69, 9.17) is 11.6 Å². The van der Waals surface area contributed by atoms with Gasteiger partial charge in [-0.05, 0) is 49.4 Å². The average Bonchev–Trinajstić information content (AvgIpc) is 3.33. The van der Waals surface area contributed by atoms with Crippen LogP contribution in [0.5, 0.6) is 0 Å². The largest absolute Gasteiger partial charge is 0.323 e. The number of aryl methyl sites for hydroxylation is 2. The molecule has 0 unspecified atom stereocenters. The van der Waals surface area contributed by atoms with E-state index in [1.54, 1.807) is 29.5 Å². The Hall–Kier alpha value is -3.04. The lowest BCUT2D eigenvalue weighted by atomic mass is 10.1. The first-order valence-electron chi connectivity index (χ1n) is 10.0. The Bertz CT molecular complexity index is 1330. The number of carbonyl (C=O) groups is 1. The molecule has 0 saturated heterocycles. The van der Waals surface area contributed by atoms with Crippen molar-refractivity contribution in [1.82, 2.24) is 24.3 Å². The Morgan fingerprint density at radius 1 is 1.19 bits per heavy atom. The van der Waals surface area contributed by atoms with E-state index in [2.05, 4.69) is 20.4 Å². The van der Waals surface area contributed by atoms with Crippen LogP contribution in [0.2, 0.25) is 5.02 Å². The smallest absolute Gasteiger partial charge is 0.262 e. The van der Waals surface area contributed by atoms with Gasteiger partial charge in [0.2, 0.25) is 5.91 Å². The maximum absolute atomic E-state index is 13.2. The summed E-state index contributed by atoms with van der Waals surface area (Å²) in [6, 6.07) is 5.09. The van der Waals surface area contributed by atoms with Crippen LogP contribution in [0.4, 0.5) is 5.69 Å². The van der Waals surface area contributed by atoms with Crippen molar-refractivity contribution in [3.05, 3.63) is 63.0 Å². The molecule has 158 valence electrons. The van der Waals surface area contributed by atoms with E-state index in [0.29, 0.717) is 21.8 Å². The monoisotopic (exact) mass is 454 g/mol. The molecule has 0 spiro atoms. The lowest BCUT2D eigenvalue weighted by Crippen LogP contribution is -2.28. The van der Waals surface area contributed by atoms with Crippen molar-refractivity contribution in [3.63, 3.8) is 0 Å². The Kier molecular flexibility index (Phi) is 5.29. The van der Waals surface area contributed by atoms with E-state index in [-0.39, 0.29) is 18.0 Å². The lowest BCUT2D eigenvalue weighted by Gasteiger charge is -2.12. The van der Waals surface area contributed by atoms with Gasteiger partial charge < -0.3 is 5.32 Å². The molecule has 3 aromatic heterocycles. The number of halogens is 1. The Labute approximate surface area is 186 Å². The number of rotatable bonds is 4. The number of nitrogens with one attached hydrogen (secondary N) is 1. The zero-order chi connectivity index (χ0) is 21.4. The van der Waals surface area contributed by atoms with Gasteiger partial charge in [-0.25, -0.2) is 14.6 Å². The average molecular weight is 455 g/mol. The maximum Gasteiger partial charge on any atom is 0.262 e. The third-order valence-electron chi connectivity index (χ3n) is 5.40. The molecule has 1 amide bonds. The van der Waals surface area contributed by atoms with Crippen LogP contribution in [0.25, 0.3) is 15.9 Å². The number of aromatic nitrogens is 5. The fourth-order valence-electron chi connectivity index (χ4n) is 3.96. The van der Waals surface area contributed by atoms with Crippen LogP contribution in [0, 0.1) is 0 Å². The molecule has 5 rings (SSSR count). The zero-order valence-corrected chi connectivity index (χ0v) is 18.1. The molecule has 0 radical (unpaired) electrons. The molecule has 1 aromatic carbocycles. The van der Waals surface area contributed by atoms with Crippen LogP contribution in [0.15, 0.2) is 42.0 Å². The van der Waals surface area contributed by atoms with Crippen molar-refractivity contribution in [1.29, 1.82) is 0 Å². The van der Waals surface area contributed by atoms with Crippen LogP contribution in [-0.2, 0) is 24.2 Å². The molecule has 8 nitrogen and oxygen atoms in total. The van der Waals surface area contributed by atoms with Gasteiger partial charge in [-0.1, -0.05) is 18.0 Å². The van der Waals surface area contributed by atoms with Crippen molar-refractivity contribution in [3.8, 4) is 5.69 Å². The summed E-state index contributed by atoms with van der Waals surface area (Å²) in [6.45, 7) is -0.143. The quantitative estimate of drug-likeness (QED) is 0.475. The number of fused-ring (bicyclic) bond motifs is 3. The highest BCUT2D eigenvalue weighted by atomic mass is 35.5. The standard InChI is InChI=1S/C21H19ClN6O2S/c22-13-6-7-16(28-11-23-10-25-28)15(8-13)26-18(29)9-27-12-24-20-19(21(27)30)14-4-2-1-3-5-17(14)31-20/h6-8,10-12H,1-5,9H2,(H,26,29). The number of carbonyl (C=O) groups excluding carboxylic acids is 1. The summed E-state index contributed by atoms with van der Waals surface area (Å²) < 4.78 is 2.90. The van der Waals surface area contributed by atoms with E-state index in [9.17, 15) is 9.59 Å². The second kappa shape index (κ2) is 8.24. The van der Waals surface area contributed by atoms with Gasteiger partial charge in [0.15, 0.2) is 0 Å². The number of benzene rings is 1. The normalized spacial score (nSPS) is 13.7. The van der Waals surface area contributed by atoms with E-state index in [1.165, 1.54) is 39.5 Å². The predicted molar refractivity (Wildman–Crippen MR) is 120 cm³/mol. The summed E-state index contributed by atoms with van der Waals surface area (Å²) in [5, 5.41) is 8.08. The Morgan fingerprint density at radius 2 is 2.06 bits per heavy atom. The number of hydrogen-bond acceptors (Lipinski definition) is 6. The first kappa shape index (κ1) is 19.9. The zero-order valence-electron chi connectivity index (χ0n) is 16.5. The summed E-state index contributed by atoms with van der Waals surface area (Å²) in [5.41, 5.74) is 2.06. The second-order valence-corrected chi connectivity index (χ2v) is 8.99. The molecule has 0 fully saturated rings. The summed E-state index contributed by atoms with van der Waals surface area (Å²) in [5.74, 6) is -0.354. The van der Waals surface area contributed by atoms with E-state index in [0.717, 1.165) is 36.1 Å². The van der Waals surface area contributed by atoms with Crippen molar-refractivity contribution < 1.29 is 4.79 Å². The van der Waals surface area contributed by atoms with Gasteiger partial charge in [0, 0.05) is 9.90 Å². The van der Waals surface area contributed by atoms with Crippen LogP contribution >= 0.6 is 22.9 Å². The molecule has 0 aliphatic heterocycles. The van der Waals surface area contributed by atoms with Gasteiger partial charge in [0.05, 0.1) is 23.1 Å². The van der Waals surface area contributed by atoms with E-state index >= 15 is 0 Å². The molecule has 0 saturated carbocycles. The van der Waals surface area contributed by atoms with Gasteiger partial charge in [-0.2, -0.15) is 5.10 Å². The number of nitrogens with zero attached hydrogens (tertiary/aromatic N) is 5. The third kappa shape index (κ3) is 3.86. The minimum absolute atomic E-state index is 0.143. The third-order valence-corrected chi connectivity index (χ3v) is 6.84. The Balaban J connectivity index is 1.44. The van der Waals surface area contributed by atoms with Gasteiger partial charge in [-0.15, -0.1) is 11.3 Å². The van der Waals surface area contributed by atoms with E-state index in [1.807, 2.05) is 0 Å². The van der Waals surface area contributed by atoms with Crippen molar-refractivity contribution in [2.75, 3.05) is 5.32 Å². The lowest BCUT2D eigenvalue weighted by molar-refractivity contribution is -0.116. The molecular weight excluding hydrogens is 436 g/mol. The van der Waals surface area contributed by atoms with Crippen LogP contribution < -0.4 is 10.9 Å². The molecule has 1 aliphatic carbocycles. The molecule has 3 heterocycles. The van der Waals surface area contributed by atoms with Crippen molar-refractivity contribution in [2.24, 2.45) is 0 Å². The SMILES string of the molecule is O=C(Cn1cnc2sc3c(c2c1=O)CCCCC3)Nc1cc(Cl)ccc1-n1cncn1. The first-order chi connectivity index (χ1) is 15.1. The summed E-state index contributed by atoms with van der Waals surface area (Å²) in [6.07, 6.45) is 9.68. The molecule has 0 bridgehead atoms. The molecule has 10 heteroatoms. The molecule has 1 aliphatic rings. The number of anilines is 1. The fourth-order valence-corrected chi connectivity index (χ4v) is 5.35. The number of amides is 1. The minimum Gasteiger partial charge on any atom is -0.323 e. The second-order valence-electron chi connectivity index (χ2n) is 7.47. The minimum atomic E-state index is -0.354. The van der Waals surface area contributed by atoms with Crippen molar-refractivity contribution in [2.45, 2.75) is 38.6 Å². The molecule has 4 aromatic rings. The number of thiophene rings is 1. The highest BCUT2D eigenvalue weighted by Crippen LogP contribution is 2.32. The molecular formula is C21H19ClN6O2S. The fraction of sp³-hybridized carbons (Fsp3) is 0.286. The van der Waals surface area contributed by atoms with Gasteiger partial charge >= 0.3 is 0 Å². The predicted octanol–water partition coefficient (Wildman–Crippen LogP) is 3.60. The first-order valence-corrected chi connectivity index (χ1v) is 11.2. The molecule has 31 heavy (non-hydrogen) atoms. The highest BCUT2D eigenvalue weighted by Gasteiger charge is 2.20. The van der Waals surface area contributed by atoms with Crippen LogP contribution in [-0.4, -0.2) is 30.2 Å². The van der Waals surface area contributed by atoms with Gasteiger partial charge in [0.25, 0.3) is 5.56 Å². The summed E-state index contributed by atoms with van der Waals surface area (Å²) in [7, 11) is 0. The maximum atomic E-state index is 13.2. The molecule has 1 N–H and O–H groups in total. The topological polar surface area (TPSA) is 94.7 Å². The van der Waals surface area contributed by atoms with Gasteiger partial charge in [-0.3, -0.25) is 14.2 Å². The number of hydrogen-bond donors (Lipinski definition) is 1. The molecule has 0 atom stereocenters. The highest BCUT2D eigenvalue weighted by molar-refractivity contribution is 7.18. The van der Waals surface area contributed by atoms with Crippen LogP contribution in [0.1, 0.15) is 29.7 Å². The van der Waals surface area contributed by atoms with Crippen LogP contribution in [0.3, 0.4) is 0 Å². The summed E-state index contributed by atoms with van der Waals surface area (Å²) >= 11 is 7.72. The van der Waals surface area contributed by atoms with Crippen molar-refractivity contribution >= 4 is 44.7 Å². The Morgan fingerprint density at radius 3 is 2.90 bits per heavy atom. The van der Waals surface area contributed by atoms with Gasteiger partial charge in [0.1, 0.15) is 24.0 Å².